The first-order valence-electron chi connectivity index (χ1n) is 6.88. The second-order valence-electron chi connectivity index (χ2n) is 4.45. The van der Waals surface area contributed by atoms with Crippen molar-refractivity contribution in [2.24, 2.45) is 0 Å². The minimum atomic E-state index is 0.490. The molecule has 0 bridgehead atoms. The van der Waals surface area contributed by atoms with Gasteiger partial charge in [0.15, 0.2) is 5.82 Å². The SMILES string of the molecule is CCCNC(C)CCc1nc(CCOCC)no1. The van der Waals surface area contributed by atoms with Crippen molar-refractivity contribution in [1.82, 2.24) is 15.5 Å². The molecule has 0 radical (unpaired) electrons. The van der Waals surface area contributed by atoms with Gasteiger partial charge in [0, 0.05) is 25.5 Å². The number of nitrogens with one attached hydrogen (secondary N) is 1. The van der Waals surface area contributed by atoms with E-state index in [4.69, 9.17) is 9.26 Å². The van der Waals surface area contributed by atoms with Gasteiger partial charge in [0.2, 0.25) is 5.89 Å². The maximum Gasteiger partial charge on any atom is 0.226 e. The Hall–Kier alpha value is -0.940. The van der Waals surface area contributed by atoms with Crippen LogP contribution in [0.4, 0.5) is 0 Å². The minimum absolute atomic E-state index is 0.490. The fourth-order valence-electron chi connectivity index (χ4n) is 1.63. The molecular formula is C13H25N3O2. The molecule has 0 saturated heterocycles. The Morgan fingerprint density at radius 3 is 2.89 bits per heavy atom. The highest BCUT2D eigenvalue weighted by Crippen LogP contribution is 2.04. The molecule has 0 saturated carbocycles. The van der Waals surface area contributed by atoms with Gasteiger partial charge in [0.05, 0.1) is 6.61 Å². The minimum Gasteiger partial charge on any atom is -0.381 e. The molecule has 0 spiro atoms. The second kappa shape index (κ2) is 9.05. The van der Waals surface area contributed by atoms with Crippen molar-refractivity contribution in [2.75, 3.05) is 19.8 Å². The van der Waals surface area contributed by atoms with Gasteiger partial charge >= 0.3 is 0 Å². The van der Waals surface area contributed by atoms with Crippen molar-refractivity contribution in [3.8, 4) is 0 Å². The molecule has 0 amide bonds. The fourth-order valence-corrected chi connectivity index (χ4v) is 1.63. The molecular weight excluding hydrogens is 230 g/mol. The van der Waals surface area contributed by atoms with Crippen molar-refractivity contribution >= 4 is 0 Å². The molecule has 1 heterocycles. The van der Waals surface area contributed by atoms with Crippen LogP contribution in [0.25, 0.3) is 0 Å². The Morgan fingerprint density at radius 2 is 2.17 bits per heavy atom. The molecule has 0 aliphatic carbocycles. The summed E-state index contributed by atoms with van der Waals surface area (Å²) in [6, 6.07) is 0.490. The lowest BCUT2D eigenvalue weighted by Crippen LogP contribution is -2.27. The fraction of sp³-hybridized carbons (Fsp3) is 0.846. The predicted molar refractivity (Wildman–Crippen MR) is 70.6 cm³/mol. The van der Waals surface area contributed by atoms with E-state index in [2.05, 4.69) is 29.3 Å². The van der Waals surface area contributed by atoms with E-state index in [0.29, 0.717) is 12.6 Å². The van der Waals surface area contributed by atoms with Crippen LogP contribution < -0.4 is 5.32 Å². The van der Waals surface area contributed by atoms with Crippen LogP contribution in [-0.4, -0.2) is 35.9 Å². The summed E-state index contributed by atoms with van der Waals surface area (Å²) in [5.74, 6) is 1.47. The van der Waals surface area contributed by atoms with Crippen LogP contribution in [0, 0.1) is 0 Å². The molecule has 1 N–H and O–H groups in total. The van der Waals surface area contributed by atoms with Gasteiger partial charge < -0.3 is 14.6 Å². The van der Waals surface area contributed by atoms with Gasteiger partial charge in [-0.3, -0.25) is 0 Å². The van der Waals surface area contributed by atoms with Gasteiger partial charge in [-0.15, -0.1) is 0 Å². The lowest BCUT2D eigenvalue weighted by atomic mass is 10.2. The van der Waals surface area contributed by atoms with Crippen molar-refractivity contribution < 1.29 is 9.26 Å². The average Bonchev–Trinajstić information content (AvgIpc) is 2.82. The summed E-state index contributed by atoms with van der Waals surface area (Å²) < 4.78 is 10.5. The van der Waals surface area contributed by atoms with E-state index < -0.39 is 0 Å². The molecule has 1 aromatic heterocycles. The molecule has 18 heavy (non-hydrogen) atoms. The first-order chi connectivity index (χ1) is 8.76. The Bertz CT molecular complexity index is 315. The van der Waals surface area contributed by atoms with Crippen LogP contribution in [0.1, 0.15) is 45.3 Å². The first-order valence-corrected chi connectivity index (χ1v) is 6.88. The van der Waals surface area contributed by atoms with Crippen molar-refractivity contribution in [2.45, 2.75) is 52.5 Å². The molecule has 0 aromatic carbocycles. The zero-order valence-electron chi connectivity index (χ0n) is 11.7. The average molecular weight is 255 g/mol. The summed E-state index contributed by atoms with van der Waals surface area (Å²) in [6.07, 6.45) is 3.74. The van der Waals surface area contributed by atoms with Crippen molar-refractivity contribution in [1.29, 1.82) is 0 Å². The highest BCUT2D eigenvalue weighted by atomic mass is 16.5. The van der Waals surface area contributed by atoms with Gasteiger partial charge in [0.25, 0.3) is 0 Å². The van der Waals surface area contributed by atoms with Gasteiger partial charge in [-0.1, -0.05) is 12.1 Å². The smallest absolute Gasteiger partial charge is 0.226 e. The van der Waals surface area contributed by atoms with E-state index in [0.717, 1.165) is 50.6 Å². The van der Waals surface area contributed by atoms with E-state index >= 15 is 0 Å². The Balaban J connectivity index is 2.22. The number of aryl methyl sites for hydroxylation is 1. The lowest BCUT2D eigenvalue weighted by molar-refractivity contribution is 0.149. The third-order valence-corrected chi connectivity index (χ3v) is 2.72. The number of ether oxygens (including phenoxy) is 1. The highest BCUT2D eigenvalue weighted by Gasteiger charge is 2.08. The molecule has 0 aliphatic rings. The van der Waals surface area contributed by atoms with Crippen LogP contribution in [0.15, 0.2) is 4.52 Å². The predicted octanol–water partition coefficient (Wildman–Crippen LogP) is 1.97. The summed E-state index contributed by atoms with van der Waals surface area (Å²) in [5, 5.41) is 7.38. The van der Waals surface area contributed by atoms with Crippen LogP contribution >= 0.6 is 0 Å². The molecule has 1 unspecified atom stereocenters. The standard InChI is InChI=1S/C13H25N3O2/c1-4-9-14-11(3)6-7-13-15-12(16-18-13)8-10-17-5-2/h11,14H,4-10H2,1-3H3. The number of aromatic nitrogens is 2. The van der Waals surface area contributed by atoms with Gasteiger partial charge in [-0.05, 0) is 33.2 Å². The lowest BCUT2D eigenvalue weighted by Gasteiger charge is -2.10. The van der Waals surface area contributed by atoms with E-state index in [1.54, 1.807) is 0 Å². The van der Waals surface area contributed by atoms with Crippen LogP contribution in [0.5, 0.6) is 0 Å². The molecule has 1 rings (SSSR count). The molecule has 5 nitrogen and oxygen atoms in total. The van der Waals surface area contributed by atoms with E-state index in [-0.39, 0.29) is 0 Å². The third kappa shape index (κ3) is 6.12. The Kier molecular flexibility index (Phi) is 7.60. The number of hydrogen-bond acceptors (Lipinski definition) is 5. The highest BCUT2D eigenvalue weighted by molar-refractivity contribution is 4.87. The second-order valence-corrected chi connectivity index (χ2v) is 4.45. The maximum absolute atomic E-state index is 5.26. The zero-order chi connectivity index (χ0) is 13.2. The summed E-state index contributed by atoms with van der Waals surface area (Å²) in [6.45, 7) is 8.77. The van der Waals surface area contributed by atoms with E-state index in [1.807, 2.05) is 6.92 Å². The number of rotatable bonds is 10. The van der Waals surface area contributed by atoms with Crippen LogP contribution in [0.3, 0.4) is 0 Å². The van der Waals surface area contributed by atoms with E-state index in [1.165, 1.54) is 0 Å². The maximum atomic E-state index is 5.26. The molecule has 1 aromatic rings. The van der Waals surface area contributed by atoms with Crippen LogP contribution in [-0.2, 0) is 17.6 Å². The van der Waals surface area contributed by atoms with Gasteiger partial charge in [-0.2, -0.15) is 4.98 Å². The summed E-state index contributed by atoms with van der Waals surface area (Å²) in [5.41, 5.74) is 0. The first kappa shape index (κ1) is 15.1. The summed E-state index contributed by atoms with van der Waals surface area (Å²) in [7, 11) is 0. The molecule has 5 heteroatoms. The van der Waals surface area contributed by atoms with Gasteiger partial charge in [0.1, 0.15) is 0 Å². The molecule has 0 aliphatic heterocycles. The quantitative estimate of drug-likeness (QED) is 0.648. The summed E-state index contributed by atoms with van der Waals surface area (Å²) >= 11 is 0. The molecule has 0 fully saturated rings. The topological polar surface area (TPSA) is 60.2 Å². The largest absolute Gasteiger partial charge is 0.381 e. The van der Waals surface area contributed by atoms with E-state index in [9.17, 15) is 0 Å². The summed E-state index contributed by atoms with van der Waals surface area (Å²) in [4.78, 5) is 4.35. The third-order valence-electron chi connectivity index (χ3n) is 2.72. The van der Waals surface area contributed by atoms with Crippen molar-refractivity contribution in [3.05, 3.63) is 11.7 Å². The molecule has 1 atom stereocenters. The monoisotopic (exact) mass is 255 g/mol. The molecule has 104 valence electrons. The van der Waals surface area contributed by atoms with Crippen molar-refractivity contribution in [3.63, 3.8) is 0 Å². The Morgan fingerprint density at radius 1 is 1.33 bits per heavy atom. The number of hydrogen-bond donors (Lipinski definition) is 1. The Labute approximate surface area is 109 Å². The number of nitrogens with zero attached hydrogens (tertiary/aromatic N) is 2. The van der Waals surface area contributed by atoms with Gasteiger partial charge in [-0.25, -0.2) is 0 Å². The van der Waals surface area contributed by atoms with Crippen LogP contribution in [0.2, 0.25) is 0 Å². The zero-order valence-corrected chi connectivity index (χ0v) is 11.7. The normalized spacial score (nSPS) is 12.8.